The summed E-state index contributed by atoms with van der Waals surface area (Å²) in [5.74, 6) is 0. The van der Waals surface area contributed by atoms with Gasteiger partial charge in [0.15, 0.2) is 6.29 Å². The first-order valence-corrected chi connectivity index (χ1v) is 5.23. The van der Waals surface area contributed by atoms with Crippen molar-refractivity contribution in [3.63, 3.8) is 0 Å². The fourth-order valence-electron chi connectivity index (χ4n) is 2.53. The van der Waals surface area contributed by atoms with Crippen molar-refractivity contribution in [3.05, 3.63) is 0 Å². The molecule has 0 unspecified atom stereocenters. The topological polar surface area (TPSA) is 31.0 Å². The highest BCUT2D eigenvalue weighted by Gasteiger charge is 2.52. The van der Waals surface area contributed by atoms with E-state index in [1.807, 2.05) is 0 Å². The Morgan fingerprint density at radius 1 is 1.31 bits per heavy atom. The summed E-state index contributed by atoms with van der Waals surface area (Å²) >= 11 is 0. The average Bonchev–Trinajstić information content (AvgIpc) is 2.80. The maximum Gasteiger partial charge on any atom is 0.185 e. The molecule has 0 radical (unpaired) electrons. The van der Waals surface area contributed by atoms with E-state index in [-0.39, 0.29) is 11.9 Å². The summed E-state index contributed by atoms with van der Waals surface area (Å²) in [7, 11) is 0. The summed E-state index contributed by atoms with van der Waals surface area (Å²) in [6, 6.07) is 0. The van der Waals surface area contributed by atoms with Gasteiger partial charge in [-0.05, 0) is 32.6 Å². The van der Waals surface area contributed by atoms with Crippen LogP contribution in [0.15, 0.2) is 0 Å². The zero-order chi connectivity index (χ0) is 8.89. The summed E-state index contributed by atoms with van der Waals surface area (Å²) in [6.07, 6.45) is 5.18. The van der Waals surface area contributed by atoms with E-state index in [4.69, 9.17) is 14.2 Å². The number of rotatable bonds is 0. The molecule has 3 heteroatoms. The Morgan fingerprint density at radius 2 is 2.23 bits per heavy atom. The van der Waals surface area contributed by atoms with Crippen molar-refractivity contribution < 1.29 is 14.2 Å². The van der Waals surface area contributed by atoms with Gasteiger partial charge in [-0.25, -0.2) is 0 Å². The summed E-state index contributed by atoms with van der Waals surface area (Å²) in [6.45, 7) is 3.07. The lowest BCUT2D eigenvalue weighted by atomic mass is 9.88. The van der Waals surface area contributed by atoms with Crippen LogP contribution in [-0.2, 0) is 14.2 Å². The number of epoxide rings is 1. The Kier molecular flexibility index (Phi) is 1.70. The van der Waals surface area contributed by atoms with Crippen LogP contribution in [0.3, 0.4) is 0 Å². The second-order valence-corrected chi connectivity index (χ2v) is 4.51. The molecule has 0 aromatic rings. The summed E-state index contributed by atoms with van der Waals surface area (Å²) in [5, 5.41) is 0. The molecule has 3 nitrogen and oxygen atoms in total. The molecule has 3 rings (SSSR count). The van der Waals surface area contributed by atoms with E-state index in [0.717, 1.165) is 32.3 Å². The van der Waals surface area contributed by atoms with Crippen LogP contribution in [0.4, 0.5) is 0 Å². The van der Waals surface area contributed by atoms with Gasteiger partial charge in [-0.15, -0.1) is 0 Å². The maximum atomic E-state index is 5.93. The number of ether oxygens (including phenoxy) is 3. The van der Waals surface area contributed by atoms with Gasteiger partial charge < -0.3 is 14.2 Å². The minimum Gasteiger partial charge on any atom is -0.375 e. The molecule has 0 bridgehead atoms. The SMILES string of the molecule is C[C@]12CCCO[C@@H]1CC[C@@H]1O[C@@H]1O2. The smallest absolute Gasteiger partial charge is 0.185 e. The van der Waals surface area contributed by atoms with E-state index < -0.39 is 0 Å². The molecule has 74 valence electrons. The third-order valence-electron chi connectivity index (χ3n) is 3.45. The van der Waals surface area contributed by atoms with Gasteiger partial charge in [0.05, 0.1) is 11.7 Å². The lowest BCUT2D eigenvalue weighted by molar-refractivity contribution is -0.187. The number of hydrogen-bond acceptors (Lipinski definition) is 3. The van der Waals surface area contributed by atoms with Gasteiger partial charge in [-0.1, -0.05) is 0 Å². The van der Waals surface area contributed by atoms with E-state index in [2.05, 4.69) is 6.92 Å². The molecular formula is C10H16O3. The molecule has 4 atom stereocenters. The molecule has 3 saturated heterocycles. The van der Waals surface area contributed by atoms with Gasteiger partial charge in [-0.2, -0.15) is 0 Å². The van der Waals surface area contributed by atoms with Crippen LogP contribution in [-0.4, -0.2) is 30.7 Å². The molecule has 3 fully saturated rings. The first-order valence-electron chi connectivity index (χ1n) is 5.23. The quantitative estimate of drug-likeness (QED) is 0.534. The zero-order valence-corrected chi connectivity index (χ0v) is 7.99. The van der Waals surface area contributed by atoms with Crippen LogP contribution < -0.4 is 0 Å². The second-order valence-electron chi connectivity index (χ2n) is 4.51. The van der Waals surface area contributed by atoms with Crippen LogP contribution in [0.25, 0.3) is 0 Å². The largest absolute Gasteiger partial charge is 0.375 e. The van der Waals surface area contributed by atoms with Crippen LogP contribution in [0, 0.1) is 0 Å². The van der Waals surface area contributed by atoms with Gasteiger partial charge >= 0.3 is 0 Å². The van der Waals surface area contributed by atoms with Crippen molar-refractivity contribution in [1.82, 2.24) is 0 Å². The molecule has 3 aliphatic rings. The fraction of sp³-hybridized carbons (Fsp3) is 1.00. The van der Waals surface area contributed by atoms with Crippen LogP contribution >= 0.6 is 0 Å². The fourth-order valence-corrected chi connectivity index (χ4v) is 2.53. The monoisotopic (exact) mass is 184 g/mol. The van der Waals surface area contributed by atoms with Gasteiger partial charge in [0, 0.05) is 6.61 Å². The van der Waals surface area contributed by atoms with Crippen LogP contribution in [0.5, 0.6) is 0 Å². The van der Waals surface area contributed by atoms with E-state index in [1.165, 1.54) is 0 Å². The molecule has 3 aliphatic heterocycles. The Hall–Kier alpha value is -0.120. The van der Waals surface area contributed by atoms with Crippen LogP contribution in [0.1, 0.15) is 32.6 Å². The summed E-state index contributed by atoms with van der Waals surface area (Å²) < 4.78 is 17.1. The third kappa shape index (κ3) is 1.30. The van der Waals surface area contributed by atoms with E-state index in [0.29, 0.717) is 12.2 Å². The van der Waals surface area contributed by atoms with Gasteiger partial charge in [0.1, 0.15) is 6.10 Å². The molecule has 0 N–H and O–H groups in total. The van der Waals surface area contributed by atoms with E-state index in [1.54, 1.807) is 0 Å². The van der Waals surface area contributed by atoms with E-state index in [9.17, 15) is 0 Å². The molecule has 0 aromatic heterocycles. The minimum absolute atomic E-state index is 0.0752. The molecule has 0 aliphatic carbocycles. The molecule has 0 spiro atoms. The Balaban J connectivity index is 1.80. The highest BCUT2D eigenvalue weighted by Crippen LogP contribution is 2.43. The number of hydrogen-bond donors (Lipinski definition) is 0. The molecular weight excluding hydrogens is 168 g/mol. The molecule has 0 aromatic carbocycles. The average molecular weight is 184 g/mol. The molecule has 0 amide bonds. The van der Waals surface area contributed by atoms with Gasteiger partial charge in [0.25, 0.3) is 0 Å². The van der Waals surface area contributed by atoms with Crippen molar-refractivity contribution in [2.75, 3.05) is 6.61 Å². The first kappa shape index (κ1) is 8.21. The Bertz CT molecular complexity index is 218. The third-order valence-corrected chi connectivity index (χ3v) is 3.45. The zero-order valence-electron chi connectivity index (χ0n) is 7.99. The lowest BCUT2D eigenvalue weighted by Crippen LogP contribution is -2.47. The Morgan fingerprint density at radius 3 is 3.15 bits per heavy atom. The van der Waals surface area contributed by atoms with Gasteiger partial charge in [0.2, 0.25) is 0 Å². The second kappa shape index (κ2) is 2.69. The van der Waals surface area contributed by atoms with Crippen LogP contribution in [0.2, 0.25) is 0 Å². The van der Waals surface area contributed by atoms with Crippen molar-refractivity contribution in [2.24, 2.45) is 0 Å². The lowest BCUT2D eigenvalue weighted by Gasteiger charge is -2.39. The van der Waals surface area contributed by atoms with E-state index >= 15 is 0 Å². The van der Waals surface area contributed by atoms with Crippen molar-refractivity contribution in [3.8, 4) is 0 Å². The van der Waals surface area contributed by atoms with Gasteiger partial charge in [-0.3, -0.25) is 0 Å². The summed E-state index contributed by atoms with van der Waals surface area (Å²) in [5.41, 5.74) is -0.0752. The molecule has 3 heterocycles. The predicted octanol–water partition coefficient (Wildman–Crippen LogP) is 1.46. The first-order chi connectivity index (χ1) is 6.28. The number of fused-ring (bicyclic) bond motifs is 2. The Labute approximate surface area is 78.3 Å². The van der Waals surface area contributed by atoms with Crippen molar-refractivity contribution in [2.45, 2.75) is 56.7 Å². The highest BCUT2D eigenvalue weighted by molar-refractivity contribution is 4.95. The highest BCUT2D eigenvalue weighted by atomic mass is 16.8. The predicted molar refractivity (Wildman–Crippen MR) is 46.4 cm³/mol. The van der Waals surface area contributed by atoms with Crippen molar-refractivity contribution >= 4 is 0 Å². The standard InChI is InChI=1S/C10H16O3/c1-10-5-2-6-11-8(10)4-3-7-9(12-7)13-10/h7-9H,2-6H2,1H3/t7-,8+,9+,10-/m0/s1. The summed E-state index contributed by atoms with van der Waals surface area (Å²) in [4.78, 5) is 0. The van der Waals surface area contributed by atoms with Crippen molar-refractivity contribution in [1.29, 1.82) is 0 Å². The normalized spacial score (nSPS) is 54.7. The molecule has 0 saturated carbocycles. The maximum absolute atomic E-state index is 5.93. The molecule has 13 heavy (non-hydrogen) atoms. The minimum atomic E-state index is -0.0752.